The van der Waals surface area contributed by atoms with Gasteiger partial charge in [0, 0.05) is 11.1 Å². The number of benzene rings is 1. The van der Waals surface area contributed by atoms with E-state index in [1.165, 1.54) is 6.07 Å². The molecule has 1 unspecified atom stereocenters. The smallest absolute Gasteiger partial charge is 0.127 e. The van der Waals surface area contributed by atoms with Crippen LogP contribution in [0, 0.1) is 11.2 Å². The van der Waals surface area contributed by atoms with Gasteiger partial charge in [-0.05, 0) is 49.4 Å². The van der Waals surface area contributed by atoms with Crippen LogP contribution in [0.4, 0.5) is 4.39 Å². The van der Waals surface area contributed by atoms with Crippen molar-refractivity contribution in [1.29, 1.82) is 0 Å². The third-order valence-corrected chi connectivity index (χ3v) is 3.33. The first kappa shape index (κ1) is 15.5. The average molecular weight is 272 g/mol. The van der Waals surface area contributed by atoms with Gasteiger partial charge in [-0.1, -0.05) is 38.4 Å². The van der Waals surface area contributed by atoms with Gasteiger partial charge in [0.25, 0.3) is 0 Å². The first-order valence-corrected chi connectivity index (χ1v) is 6.89. The van der Waals surface area contributed by atoms with Crippen molar-refractivity contribution in [1.82, 2.24) is 5.32 Å². The monoisotopic (exact) mass is 271 g/mol. The predicted octanol–water partition coefficient (Wildman–Crippen LogP) is 4.44. The SMILES string of the molecule is CCNC(C)CC(C)(C)Cc1ccc(Cl)cc1F. The van der Waals surface area contributed by atoms with Crippen molar-refractivity contribution in [2.45, 2.75) is 46.6 Å². The molecule has 0 heterocycles. The molecule has 1 N–H and O–H groups in total. The third-order valence-electron chi connectivity index (χ3n) is 3.10. The number of hydrogen-bond acceptors (Lipinski definition) is 1. The summed E-state index contributed by atoms with van der Waals surface area (Å²) in [5.41, 5.74) is 0.809. The van der Waals surface area contributed by atoms with E-state index < -0.39 is 0 Å². The van der Waals surface area contributed by atoms with E-state index in [0.717, 1.165) is 24.9 Å². The Hall–Kier alpha value is -0.600. The van der Waals surface area contributed by atoms with Crippen molar-refractivity contribution in [3.8, 4) is 0 Å². The Morgan fingerprint density at radius 2 is 2.06 bits per heavy atom. The van der Waals surface area contributed by atoms with Crippen LogP contribution >= 0.6 is 11.6 Å². The summed E-state index contributed by atoms with van der Waals surface area (Å²) in [5.74, 6) is -0.202. The summed E-state index contributed by atoms with van der Waals surface area (Å²) in [6, 6.07) is 5.38. The van der Waals surface area contributed by atoms with Crippen LogP contribution in [0.15, 0.2) is 18.2 Å². The van der Waals surface area contributed by atoms with Crippen molar-refractivity contribution in [2.24, 2.45) is 5.41 Å². The van der Waals surface area contributed by atoms with Gasteiger partial charge >= 0.3 is 0 Å². The molecule has 102 valence electrons. The van der Waals surface area contributed by atoms with Crippen LogP contribution in [0.25, 0.3) is 0 Å². The molecule has 0 saturated heterocycles. The van der Waals surface area contributed by atoms with Crippen LogP contribution in [0.5, 0.6) is 0 Å². The van der Waals surface area contributed by atoms with Gasteiger partial charge < -0.3 is 5.32 Å². The average Bonchev–Trinajstić information content (AvgIpc) is 2.21. The van der Waals surface area contributed by atoms with Crippen LogP contribution < -0.4 is 5.32 Å². The zero-order valence-corrected chi connectivity index (χ0v) is 12.4. The molecule has 0 spiro atoms. The second-order valence-corrected chi connectivity index (χ2v) is 6.18. The summed E-state index contributed by atoms with van der Waals surface area (Å²) in [7, 11) is 0. The fourth-order valence-electron chi connectivity index (χ4n) is 2.50. The maximum atomic E-state index is 13.8. The molecule has 0 saturated carbocycles. The maximum Gasteiger partial charge on any atom is 0.127 e. The van der Waals surface area contributed by atoms with Gasteiger partial charge in [-0.25, -0.2) is 4.39 Å². The molecule has 1 aromatic carbocycles. The van der Waals surface area contributed by atoms with Crippen molar-refractivity contribution in [3.63, 3.8) is 0 Å². The minimum Gasteiger partial charge on any atom is -0.315 e. The molecule has 0 fully saturated rings. The van der Waals surface area contributed by atoms with Crippen molar-refractivity contribution in [3.05, 3.63) is 34.6 Å². The normalized spacial score (nSPS) is 13.7. The fraction of sp³-hybridized carbons (Fsp3) is 0.600. The molecule has 0 amide bonds. The summed E-state index contributed by atoms with van der Waals surface area (Å²) in [6.07, 6.45) is 1.74. The lowest BCUT2D eigenvalue weighted by Crippen LogP contribution is -2.32. The predicted molar refractivity (Wildman–Crippen MR) is 76.7 cm³/mol. The highest BCUT2D eigenvalue weighted by Crippen LogP contribution is 2.29. The molecule has 1 aromatic rings. The second kappa shape index (κ2) is 6.53. The summed E-state index contributed by atoms with van der Waals surface area (Å²) in [5, 5.41) is 3.85. The summed E-state index contributed by atoms with van der Waals surface area (Å²) >= 11 is 5.76. The first-order chi connectivity index (χ1) is 8.34. The lowest BCUT2D eigenvalue weighted by atomic mass is 9.80. The third kappa shape index (κ3) is 4.95. The summed E-state index contributed by atoms with van der Waals surface area (Å²) in [4.78, 5) is 0. The highest BCUT2D eigenvalue weighted by molar-refractivity contribution is 6.30. The van der Waals surface area contributed by atoms with Crippen LogP contribution in [-0.2, 0) is 6.42 Å². The number of hydrogen-bond donors (Lipinski definition) is 1. The van der Waals surface area contributed by atoms with Crippen molar-refractivity contribution < 1.29 is 4.39 Å². The van der Waals surface area contributed by atoms with Gasteiger partial charge in [0.05, 0.1) is 0 Å². The Labute approximate surface area is 115 Å². The molecular weight excluding hydrogens is 249 g/mol. The van der Waals surface area contributed by atoms with Gasteiger partial charge in [-0.15, -0.1) is 0 Å². The van der Waals surface area contributed by atoms with E-state index in [0.29, 0.717) is 11.1 Å². The van der Waals surface area contributed by atoms with Gasteiger partial charge in [0.2, 0.25) is 0 Å². The van der Waals surface area contributed by atoms with Gasteiger partial charge in [0.15, 0.2) is 0 Å². The minimum atomic E-state index is -0.202. The maximum absolute atomic E-state index is 13.8. The van der Waals surface area contributed by atoms with Gasteiger partial charge in [-0.2, -0.15) is 0 Å². The minimum absolute atomic E-state index is 0.0657. The number of halogens is 2. The van der Waals surface area contributed by atoms with Crippen LogP contribution in [0.2, 0.25) is 5.02 Å². The summed E-state index contributed by atoms with van der Waals surface area (Å²) < 4.78 is 13.8. The molecule has 0 aromatic heterocycles. The van der Waals surface area contributed by atoms with Crippen LogP contribution in [0.1, 0.15) is 39.7 Å². The van der Waals surface area contributed by atoms with Crippen LogP contribution in [0.3, 0.4) is 0 Å². The largest absolute Gasteiger partial charge is 0.315 e. The zero-order valence-electron chi connectivity index (χ0n) is 11.7. The van der Waals surface area contributed by atoms with Gasteiger partial charge in [-0.3, -0.25) is 0 Å². The molecule has 1 atom stereocenters. The van der Waals surface area contributed by atoms with E-state index >= 15 is 0 Å². The van der Waals surface area contributed by atoms with E-state index in [1.807, 2.05) is 0 Å². The van der Waals surface area contributed by atoms with E-state index in [1.54, 1.807) is 12.1 Å². The molecule has 1 rings (SSSR count). The van der Waals surface area contributed by atoms with Crippen molar-refractivity contribution in [2.75, 3.05) is 6.54 Å². The fourth-order valence-corrected chi connectivity index (χ4v) is 2.66. The first-order valence-electron chi connectivity index (χ1n) is 6.51. The Morgan fingerprint density at radius 1 is 1.39 bits per heavy atom. The van der Waals surface area contributed by atoms with E-state index in [9.17, 15) is 4.39 Å². The van der Waals surface area contributed by atoms with Gasteiger partial charge in [0.1, 0.15) is 5.82 Å². The van der Waals surface area contributed by atoms with E-state index in [2.05, 4.69) is 33.0 Å². The molecule has 1 nitrogen and oxygen atoms in total. The van der Waals surface area contributed by atoms with Crippen molar-refractivity contribution >= 4 is 11.6 Å². The lowest BCUT2D eigenvalue weighted by molar-refractivity contribution is 0.285. The Morgan fingerprint density at radius 3 is 2.61 bits per heavy atom. The van der Waals surface area contributed by atoms with E-state index in [-0.39, 0.29) is 11.2 Å². The number of rotatable bonds is 6. The van der Waals surface area contributed by atoms with Crippen LogP contribution in [-0.4, -0.2) is 12.6 Å². The molecule has 0 aliphatic carbocycles. The zero-order chi connectivity index (χ0) is 13.8. The molecule has 0 bridgehead atoms. The highest BCUT2D eigenvalue weighted by atomic mass is 35.5. The Bertz CT molecular complexity index is 390. The second-order valence-electron chi connectivity index (χ2n) is 5.74. The molecule has 0 aliphatic heterocycles. The topological polar surface area (TPSA) is 12.0 Å². The molecule has 18 heavy (non-hydrogen) atoms. The van der Waals surface area contributed by atoms with E-state index in [4.69, 9.17) is 11.6 Å². The molecule has 0 radical (unpaired) electrons. The Kier molecular flexibility index (Phi) is 5.61. The number of nitrogens with one attached hydrogen (secondary N) is 1. The molecule has 0 aliphatic rings. The standard InChI is InChI=1S/C15H23ClFN/c1-5-18-11(2)9-15(3,4)10-12-6-7-13(16)8-14(12)17/h6-8,11,18H,5,9-10H2,1-4H3. The quantitative estimate of drug-likeness (QED) is 0.807. The highest BCUT2D eigenvalue weighted by Gasteiger charge is 2.22. The molecular formula is C15H23ClFN. The Balaban J connectivity index is 2.69. The lowest BCUT2D eigenvalue weighted by Gasteiger charge is -2.28. The molecule has 3 heteroatoms. The summed E-state index contributed by atoms with van der Waals surface area (Å²) in [6.45, 7) is 9.59.